The predicted octanol–water partition coefficient (Wildman–Crippen LogP) is 1.38. The first-order valence-corrected chi connectivity index (χ1v) is 6.52. The summed E-state index contributed by atoms with van der Waals surface area (Å²) >= 11 is 0. The quantitative estimate of drug-likeness (QED) is 0.860. The number of amides is 2. The molecule has 0 bridgehead atoms. The van der Waals surface area contributed by atoms with Crippen LogP contribution in [0.4, 0.5) is 10.1 Å². The molecule has 1 aliphatic heterocycles. The maximum absolute atomic E-state index is 13.8. The molecule has 1 heterocycles. The van der Waals surface area contributed by atoms with Crippen LogP contribution in [0.3, 0.4) is 0 Å². The molecular formula is C14H17FN2O3. The second-order valence-corrected chi connectivity index (χ2v) is 4.92. The van der Waals surface area contributed by atoms with Crippen molar-refractivity contribution in [2.24, 2.45) is 0 Å². The fourth-order valence-corrected chi connectivity index (χ4v) is 2.28. The molecule has 2 amide bonds. The van der Waals surface area contributed by atoms with Crippen molar-refractivity contribution in [3.8, 4) is 0 Å². The molecule has 1 aromatic carbocycles. The van der Waals surface area contributed by atoms with Crippen molar-refractivity contribution in [3.63, 3.8) is 0 Å². The molecule has 108 valence electrons. The maximum atomic E-state index is 13.8. The summed E-state index contributed by atoms with van der Waals surface area (Å²) in [6.07, 6.45) is 0.784. The van der Waals surface area contributed by atoms with Gasteiger partial charge >= 0.3 is 0 Å². The molecule has 0 aliphatic carbocycles. The third kappa shape index (κ3) is 3.33. The molecule has 2 rings (SSSR count). The summed E-state index contributed by atoms with van der Waals surface area (Å²) in [6, 6.07) is 3.87. The number of aliphatic hydroxyl groups is 1. The van der Waals surface area contributed by atoms with E-state index >= 15 is 0 Å². The van der Waals surface area contributed by atoms with Gasteiger partial charge in [-0.1, -0.05) is 0 Å². The highest BCUT2D eigenvalue weighted by molar-refractivity contribution is 5.97. The first-order chi connectivity index (χ1) is 9.47. The second kappa shape index (κ2) is 6.00. The SMILES string of the molecule is CC(=O)Nc1ccc(F)c(C(=O)N2CCCC(O)C2)c1. The van der Waals surface area contributed by atoms with E-state index in [4.69, 9.17) is 0 Å². The van der Waals surface area contributed by atoms with E-state index in [1.807, 2.05) is 0 Å². The minimum Gasteiger partial charge on any atom is -0.391 e. The molecule has 0 saturated carbocycles. The summed E-state index contributed by atoms with van der Waals surface area (Å²) in [7, 11) is 0. The number of nitrogens with one attached hydrogen (secondary N) is 1. The van der Waals surface area contributed by atoms with E-state index in [1.54, 1.807) is 0 Å². The highest BCUT2D eigenvalue weighted by Crippen LogP contribution is 2.19. The Labute approximate surface area is 116 Å². The average molecular weight is 280 g/mol. The van der Waals surface area contributed by atoms with E-state index in [0.29, 0.717) is 25.1 Å². The lowest BCUT2D eigenvalue weighted by molar-refractivity contribution is -0.114. The number of likely N-dealkylation sites (tertiary alicyclic amines) is 1. The number of rotatable bonds is 2. The van der Waals surface area contributed by atoms with Crippen molar-refractivity contribution < 1.29 is 19.1 Å². The fraction of sp³-hybridized carbons (Fsp3) is 0.429. The summed E-state index contributed by atoms with van der Waals surface area (Å²) < 4.78 is 13.8. The molecule has 20 heavy (non-hydrogen) atoms. The van der Waals surface area contributed by atoms with Crippen LogP contribution in [0.2, 0.25) is 0 Å². The van der Waals surface area contributed by atoms with Gasteiger partial charge in [0, 0.05) is 25.7 Å². The van der Waals surface area contributed by atoms with Crippen LogP contribution in [-0.4, -0.2) is 41.0 Å². The number of anilines is 1. The molecule has 6 heteroatoms. The second-order valence-electron chi connectivity index (χ2n) is 4.92. The van der Waals surface area contributed by atoms with Gasteiger partial charge in [-0.3, -0.25) is 9.59 Å². The van der Waals surface area contributed by atoms with Gasteiger partial charge < -0.3 is 15.3 Å². The van der Waals surface area contributed by atoms with E-state index in [-0.39, 0.29) is 18.0 Å². The zero-order chi connectivity index (χ0) is 14.7. The maximum Gasteiger partial charge on any atom is 0.256 e. The Kier molecular flexibility index (Phi) is 4.34. The zero-order valence-corrected chi connectivity index (χ0v) is 11.2. The van der Waals surface area contributed by atoms with E-state index < -0.39 is 17.8 Å². The Bertz CT molecular complexity index is 533. The molecule has 1 saturated heterocycles. The summed E-state index contributed by atoms with van der Waals surface area (Å²) in [5.41, 5.74) is 0.283. The van der Waals surface area contributed by atoms with Crippen molar-refractivity contribution in [2.45, 2.75) is 25.9 Å². The Morgan fingerprint density at radius 1 is 1.45 bits per heavy atom. The Balaban J connectivity index is 2.21. The highest BCUT2D eigenvalue weighted by Gasteiger charge is 2.25. The summed E-state index contributed by atoms with van der Waals surface area (Å²) in [5, 5.41) is 12.1. The molecule has 1 atom stereocenters. The van der Waals surface area contributed by atoms with Crippen molar-refractivity contribution in [2.75, 3.05) is 18.4 Å². The summed E-state index contributed by atoms with van der Waals surface area (Å²) in [5.74, 6) is -1.39. The summed E-state index contributed by atoms with van der Waals surface area (Å²) in [6.45, 7) is 2.05. The number of piperidine rings is 1. The molecule has 1 aromatic rings. The number of aliphatic hydroxyl groups excluding tert-OH is 1. The number of hydrogen-bond acceptors (Lipinski definition) is 3. The van der Waals surface area contributed by atoms with Crippen LogP contribution in [0.1, 0.15) is 30.1 Å². The number of hydrogen-bond donors (Lipinski definition) is 2. The van der Waals surface area contributed by atoms with E-state index in [0.717, 1.165) is 6.07 Å². The number of benzene rings is 1. The average Bonchev–Trinajstić information content (AvgIpc) is 2.39. The molecular weight excluding hydrogens is 263 g/mol. The first-order valence-electron chi connectivity index (χ1n) is 6.52. The predicted molar refractivity (Wildman–Crippen MR) is 71.8 cm³/mol. The Hall–Kier alpha value is -1.95. The van der Waals surface area contributed by atoms with Gasteiger partial charge in [0.25, 0.3) is 5.91 Å². The zero-order valence-electron chi connectivity index (χ0n) is 11.2. The van der Waals surface area contributed by atoms with Gasteiger partial charge in [-0.25, -0.2) is 4.39 Å². The highest BCUT2D eigenvalue weighted by atomic mass is 19.1. The van der Waals surface area contributed by atoms with Gasteiger partial charge in [-0.15, -0.1) is 0 Å². The van der Waals surface area contributed by atoms with Crippen molar-refractivity contribution in [3.05, 3.63) is 29.6 Å². The molecule has 0 radical (unpaired) electrons. The van der Waals surface area contributed by atoms with E-state index in [9.17, 15) is 19.1 Å². The smallest absolute Gasteiger partial charge is 0.256 e. The van der Waals surface area contributed by atoms with Crippen LogP contribution >= 0.6 is 0 Å². The third-order valence-corrected chi connectivity index (χ3v) is 3.20. The monoisotopic (exact) mass is 280 g/mol. The lowest BCUT2D eigenvalue weighted by Crippen LogP contribution is -2.42. The minimum absolute atomic E-state index is 0.0923. The van der Waals surface area contributed by atoms with Gasteiger partial charge in [0.05, 0.1) is 11.7 Å². The van der Waals surface area contributed by atoms with Crippen LogP contribution in [0.5, 0.6) is 0 Å². The van der Waals surface area contributed by atoms with Gasteiger partial charge in [-0.2, -0.15) is 0 Å². The van der Waals surface area contributed by atoms with Gasteiger partial charge in [0.15, 0.2) is 0 Å². The third-order valence-electron chi connectivity index (χ3n) is 3.20. The number of carbonyl (C=O) groups excluding carboxylic acids is 2. The molecule has 2 N–H and O–H groups in total. The number of carbonyl (C=O) groups is 2. The lowest BCUT2D eigenvalue weighted by Gasteiger charge is -2.30. The lowest BCUT2D eigenvalue weighted by atomic mass is 10.1. The van der Waals surface area contributed by atoms with Crippen LogP contribution in [0.15, 0.2) is 18.2 Å². The Morgan fingerprint density at radius 3 is 2.85 bits per heavy atom. The van der Waals surface area contributed by atoms with Crippen molar-refractivity contribution >= 4 is 17.5 Å². The largest absolute Gasteiger partial charge is 0.391 e. The van der Waals surface area contributed by atoms with Gasteiger partial charge in [-0.05, 0) is 31.0 Å². The van der Waals surface area contributed by atoms with Gasteiger partial charge in [0.2, 0.25) is 5.91 Å². The van der Waals surface area contributed by atoms with Crippen molar-refractivity contribution in [1.29, 1.82) is 0 Å². The van der Waals surface area contributed by atoms with E-state index in [2.05, 4.69) is 5.32 Å². The van der Waals surface area contributed by atoms with Crippen molar-refractivity contribution in [1.82, 2.24) is 4.90 Å². The molecule has 1 aliphatic rings. The molecule has 1 unspecified atom stereocenters. The minimum atomic E-state index is -0.635. The normalized spacial score (nSPS) is 18.8. The van der Waals surface area contributed by atoms with Crippen LogP contribution < -0.4 is 5.32 Å². The molecule has 0 spiro atoms. The number of nitrogens with zero attached hydrogens (tertiary/aromatic N) is 1. The van der Waals surface area contributed by atoms with Gasteiger partial charge in [0.1, 0.15) is 5.82 Å². The topological polar surface area (TPSA) is 69.6 Å². The van der Waals surface area contributed by atoms with Crippen LogP contribution in [0, 0.1) is 5.82 Å². The number of halogens is 1. The van der Waals surface area contributed by atoms with Crippen LogP contribution in [0.25, 0.3) is 0 Å². The fourth-order valence-electron chi connectivity index (χ4n) is 2.28. The Morgan fingerprint density at radius 2 is 2.20 bits per heavy atom. The van der Waals surface area contributed by atoms with Crippen LogP contribution in [-0.2, 0) is 4.79 Å². The van der Waals surface area contributed by atoms with E-state index in [1.165, 1.54) is 24.0 Å². The standard InChI is InChI=1S/C14H17FN2O3/c1-9(18)16-10-4-5-13(15)12(7-10)14(20)17-6-2-3-11(19)8-17/h4-5,7,11,19H,2-3,6,8H2,1H3,(H,16,18). The first kappa shape index (κ1) is 14.5. The summed E-state index contributed by atoms with van der Waals surface area (Å²) in [4.78, 5) is 24.7. The molecule has 5 nitrogen and oxygen atoms in total. The molecule has 1 fully saturated rings. The molecule has 0 aromatic heterocycles. The number of β-amino-alcohol motifs (C(OH)–C–C–N with tert-alkyl or cyclic N) is 1.